The minimum atomic E-state index is -0.256. The van der Waals surface area contributed by atoms with Gasteiger partial charge in [0.05, 0.1) is 13.7 Å². The first-order chi connectivity index (χ1) is 15.0. The van der Waals surface area contributed by atoms with E-state index in [-0.39, 0.29) is 18.4 Å². The molecular weight excluding hydrogens is 392 g/mol. The molecule has 0 aliphatic carbocycles. The predicted octanol–water partition coefficient (Wildman–Crippen LogP) is 2.26. The zero-order valence-corrected chi connectivity index (χ0v) is 18.0. The second-order valence-electron chi connectivity index (χ2n) is 7.84. The van der Waals surface area contributed by atoms with Crippen LogP contribution in [0.15, 0.2) is 54.6 Å². The van der Waals surface area contributed by atoms with Crippen LogP contribution in [0.2, 0.25) is 0 Å². The van der Waals surface area contributed by atoms with Gasteiger partial charge in [0.1, 0.15) is 11.4 Å². The Morgan fingerprint density at radius 3 is 2.45 bits per heavy atom. The van der Waals surface area contributed by atoms with Crippen LogP contribution in [0.5, 0.6) is 5.75 Å². The van der Waals surface area contributed by atoms with Crippen molar-refractivity contribution in [3.8, 4) is 5.75 Å². The molecule has 7 nitrogen and oxygen atoms in total. The van der Waals surface area contributed by atoms with Gasteiger partial charge in [0.2, 0.25) is 5.91 Å². The molecule has 0 saturated carbocycles. The second kappa shape index (κ2) is 9.22. The normalized spacial score (nSPS) is 14.6. The lowest BCUT2D eigenvalue weighted by Gasteiger charge is -2.34. The molecule has 2 heterocycles. The monoisotopic (exact) mass is 420 g/mol. The van der Waals surface area contributed by atoms with Crippen LogP contribution in [-0.4, -0.2) is 66.0 Å². The third kappa shape index (κ3) is 4.72. The Morgan fingerprint density at radius 2 is 1.74 bits per heavy atom. The molecule has 1 fully saturated rings. The Hall–Kier alpha value is -3.32. The number of ether oxygens (including phenoxy) is 1. The minimum Gasteiger partial charge on any atom is -0.497 e. The van der Waals surface area contributed by atoms with Gasteiger partial charge in [0.15, 0.2) is 0 Å². The van der Waals surface area contributed by atoms with E-state index in [0.29, 0.717) is 18.8 Å². The number of hydrogen-bond donors (Lipinski definition) is 1. The van der Waals surface area contributed by atoms with Crippen molar-refractivity contribution >= 4 is 22.7 Å². The molecular formula is C24H28N4O3. The first kappa shape index (κ1) is 20.9. The number of carbonyl (C=O) groups is 2. The molecule has 7 heteroatoms. The van der Waals surface area contributed by atoms with Gasteiger partial charge in [-0.25, -0.2) is 0 Å². The second-order valence-corrected chi connectivity index (χ2v) is 7.84. The third-order valence-electron chi connectivity index (χ3n) is 5.86. The molecule has 1 aromatic heterocycles. The SMILES string of the molecule is COc1ccc2c(c1)cc(C(=O)NCC(=O)N1CCN(Cc3ccccc3)CC1)n2C. The first-order valence-electron chi connectivity index (χ1n) is 10.5. The van der Waals surface area contributed by atoms with Crippen molar-refractivity contribution in [3.63, 3.8) is 0 Å². The standard InChI is InChI=1S/C24H28N4O3/c1-26-21-9-8-20(31-2)14-19(21)15-22(26)24(30)25-16-23(29)28-12-10-27(11-13-28)17-18-6-4-3-5-7-18/h3-9,14-15H,10-13,16-17H2,1-2H3,(H,25,30). The lowest BCUT2D eigenvalue weighted by atomic mass is 10.2. The topological polar surface area (TPSA) is 66.8 Å². The lowest BCUT2D eigenvalue weighted by molar-refractivity contribution is -0.131. The minimum absolute atomic E-state index is 0.00235. The fourth-order valence-electron chi connectivity index (χ4n) is 4.03. The summed E-state index contributed by atoms with van der Waals surface area (Å²) >= 11 is 0. The van der Waals surface area contributed by atoms with Crippen LogP contribution >= 0.6 is 0 Å². The molecule has 3 aromatic rings. The average molecular weight is 421 g/mol. The van der Waals surface area contributed by atoms with Crippen molar-refractivity contribution in [1.82, 2.24) is 19.7 Å². The number of benzene rings is 2. The number of nitrogens with one attached hydrogen (secondary N) is 1. The van der Waals surface area contributed by atoms with Crippen LogP contribution in [0, 0.1) is 0 Å². The highest BCUT2D eigenvalue weighted by Gasteiger charge is 2.22. The molecule has 2 aromatic carbocycles. The molecule has 0 radical (unpaired) electrons. The molecule has 0 unspecified atom stereocenters. The van der Waals surface area contributed by atoms with Crippen molar-refractivity contribution < 1.29 is 14.3 Å². The molecule has 0 spiro atoms. The summed E-state index contributed by atoms with van der Waals surface area (Å²) in [4.78, 5) is 29.5. The van der Waals surface area contributed by atoms with E-state index in [1.807, 2.05) is 59.0 Å². The molecule has 0 atom stereocenters. The highest BCUT2D eigenvalue weighted by Crippen LogP contribution is 2.23. The third-order valence-corrected chi connectivity index (χ3v) is 5.86. The summed E-state index contributed by atoms with van der Waals surface area (Å²) in [6.45, 7) is 3.91. The Morgan fingerprint density at radius 1 is 1.00 bits per heavy atom. The number of methoxy groups -OCH3 is 1. The number of rotatable bonds is 6. The number of aryl methyl sites for hydroxylation is 1. The quantitative estimate of drug-likeness (QED) is 0.664. The Balaban J connectivity index is 1.29. The van der Waals surface area contributed by atoms with E-state index in [4.69, 9.17) is 4.74 Å². The molecule has 1 N–H and O–H groups in total. The summed E-state index contributed by atoms with van der Waals surface area (Å²) in [5.74, 6) is 0.438. The van der Waals surface area contributed by atoms with Gasteiger partial charge >= 0.3 is 0 Å². The maximum atomic E-state index is 12.7. The molecule has 1 aliphatic rings. The molecule has 2 amide bonds. The van der Waals surface area contributed by atoms with Crippen LogP contribution in [0.4, 0.5) is 0 Å². The Labute approximate surface area is 182 Å². The van der Waals surface area contributed by atoms with Crippen LogP contribution in [0.1, 0.15) is 16.1 Å². The highest BCUT2D eigenvalue weighted by atomic mass is 16.5. The summed E-state index contributed by atoms with van der Waals surface area (Å²) < 4.78 is 7.09. The summed E-state index contributed by atoms with van der Waals surface area (Å²) in [5, 5.41) is 3.71. The maximum Gasteiger partial charge on any atom is 0.268 e. The Kier molecular flexibility index (Phi) is 6.23. The van der Waals surface area contributed by atoms with Crippen LogP contribution in [0.3, 0.4) is 0 Å². The fourth-order valence-corrected chi connectivity index (χ4v) is 4.03. The fraction of sp³-hybridized carbons (Fsp3) is 0.333. The van der Waals surface area contributed by atoms with Crippen molar-refractivity contribution in [1.29, 1.82) is 0 Å². The zero-order valence-electron chi connectivity index (χ0n) is 18.0. The number of aromatic nitrogens is 1. The molecule has 162 valence electrons. The summed E-state index contributed by atoms with van der Waals surface area (Å²) in [6, 6.07) is 17.9. The van der Waals surface area contributed by atoms with E-state index >= 15 is 0 Å². The molecule has 1 saturated heterocycles. The average Bonchev–Trinajstić information content (AvgIpc) is 3.14. The number of piperazine rings is 1. The number of nitrogens with zero attached hydrogens (tertiary/aromatic N) is 3. The van der Waals surface area contributed by atoms with Gasteiger partial charge in [0, 0.05) is 50.7 Å². The summed E-state index contributed by atoms with van der Waals surface area (Å²) in [5.41, 5.74) is 2.73. The van der Waals surface area contributed by atoms with Gasteiger partial charge < -0.3 is 19.5 Å². The van der Waals surface area contributed by atoms with Crippen molar-refractivity contribution in [2.75, 3.05) is 39.8 Å². The largest absolute Gasteiger partial charge is 0.497 e. The van der Waals surface area contributed by atoms with Gasteiger partial charge in [-0.15, -0.1) is 0 Å². The number of fused-ring (bicyclic) bond motifs is 1. The highest BCUT2D eigenvalue weighted by molar-refractivity contribution is 6.00. The Bertz CT molecular complexity index is 1070. The number of carbonyl (C=O) groups excluding carboxylic acids is 2. The number of amides is 2. The van der Waals surface area contributed by atoms with Gasteiger partial charge in [-0.2, -0.15) is 0 Å². The number of hydrogen-bond acceptors (Lipinski definition) is 4. The van der Waals surface area contributed by atoms with Gasteiger partial charge in [-0.3, -0.25) is 14.5 Å². The van der Waals surface area contributed by atoms with E-state index in [1.54, 1.807) is 7.11 Å². The summed E-state index contributed by atoms with van der Waals surface area (Å²) in [7, 11) is 3.46. The van der Waals surface area contributed by atoms with Gasteiger partial charge in [0.25, 0.3) is 5.91 Å². The molecule has 31 heavy (non-hydrogen) atoms. The van der Waals surface area contributed by atoms with Crippen LogP contribution < -0.4 is 10.1 Å². The lowest BCUT2D eigenvalue weighted by Crippen LogP contribution is -2.50. The van der Waals surface area contributed by atoms with E-state index < -0.39 is 0 Å². The van der Waals surface area contributed by atoms with Crippen molar-refractivity contribution in [3.05, 3.63) is 65.9 Å². The van der Waals surface area contributed by atoms with E-state index in [1.165, 1.54) is 5.56 Å². The smallest absolute Gasteiger partial charge is 0.268 e. The van der Waals surface area contributed by atoms with Crippen molar-refractivity contribution in [2.45, 2.75) is 6.54 Å². The maximum absolute atomic E-state index is 12.7. The first-order valence-corrected chi connectivity index (χ1v) is 10.5. The van der Waals surface area contributed by atoms with Crippen LogP contribution in [-0.2, 0) is 18.4 Å². The summed E-state index contributed by atoms with van der Waals surface area (Å²) in [6.07, 6.45) is 0. The van der Waals surface area contributed by atoms with Crippen molar-refractivity contribution in [2.24, 2.45) is 7.05 Å². The molecule has 0 bridgehead atoms. The molecule has 1 aliphatic heterocycles. The van der Waals surface area contributed by atoms with E-state index in [0.717, 1.165) is 36.3 Å². The van der Waals surface area contributed by atoms with Gasteiger partial charge in [-0.1, -0.05) is 30.3 Å². The van der Waals surface area contributed by atoms with Gasteiger partial charge in [-0.05, 0) is 29.8 Å². The van der Waals surface area contributed by atoms with Crippen LogP contribution in [0.25, 0.3) is 10.9 Å². The predicted molar refractivity (Wildman–Crippen MR) is 120 cm³/mol. The van der Waals surface area contributed by atoms with E-state index in [9.17, 15) is 9.59 Å². The zero-order chi connectivity index (χ0) is 21.8. The molecule has 4 rings (SSSR count). The van der Waals surface area contributed by atoms with E-state index in [2.05, 4.69) is 22.3 Å².